The SMILES string of the molecule is NC(=O)[C@H](Cc1ccccc1)NC(=O)[C@@H]1COCCO1. The van der Waals surface area contributed by atoms with Crippen LogP contribution in [0.2, 0.25) is 0 Å². The Kier molecular flexibility index (Phi) is 5.09. The third-order valence-electron chi connectivity index (χ3n) is 3.05. The van der Waals surface area contributed by atoms with Crippen molar-refractivity contribution in [3.63, 3.8) is 0 Å². The third kappa shape index (κ3) is 4.04. The summed E-state index contributed by atoms with van der Waals surface area (Å²) in [5.74, 6) is -0.941. The first-order valence-electron chi connectivity index (χ1n) is 6.50. The van der Waals surface area contributed by atoms with Crippen LogP contribution in [0.5, 0.6) is 0 Å². The Bertz CT molecular complexity index is 458. The zero-order valence-electron chi connectivity index (χ0n) is 11.1. The number of amides is 2. The van der Waals surface area contributed by atoms with E-state index in [1.165, 1.54) is 0 Å². The molecule has 108 valence electrons. The minimum absolute atomic E-state index is 0.197. The fraction of sp³-hybridized carbons (Fsp3) is 0.429. The number of carbonyl (C=O) groups is 2. The first-order valence-corrected chi connectivity index (χ1v) is 6.50. The van der Waals surface area contributed by atoms with Gasteiger partial charge in [-0.05, 0) is 5.56 Å². The smallest absolute Gasteiger partial charge is 0.252 e. The first kappa shape index (κ1) is 14.5. The molecule has 0 spiro atoms. The van der Waals surface area contributed by atoms with E-state index in [4.69, 9.17) is 15.2 Å². The fourth-order valence-electron chi connectivity index (χ4n) is 1.98. The van der Waals surface area contributed by atoms with Crippen molar-refractivity contribution in [1.29, 1.82) is 0 Å². The molecule has 2 amide bonds. The summed E-state index contributed by atoms with van der Waals surface area (Å²) in [6.07, 6.45) is -0.323. The molecule has 2 rings (SSSR count). The van der Waals surface area contributed by atoms with E-state index < -0.39 is 18.1 Å². The van der Waals surface area contributed by atoms with Gasteiger partial charge in [-0.15, -0.1) is 0 Å². The maximum Gasteiger partial charge on any atom is 0.252 e. The van der Waals surface area contributed by atoms with Gasteiger partial charge in [0.25, 0.3) is 5.91 Å². The van der Waals surface area contributed by atoms with Gasteiger partial charge in [0, 0.05) is 6.42 Å². The van der Waals surface area contributed by atoms with Crippen molar-refractivity contribution < 1.29 is 19.1 Å². The van der Waals surface area contributed by atoms with Crippen molar-refractivity contribution in [1.82, 2.24) is 5.32 Å². The molecule has 1 heterocycles. The number of benzene rings is 1. The molecule has 1 fully saturated rings. The molecule has 0 aliphatic carbocycles. The summed E-state index contributed by atoms with van der Waals surface area (Å²) in [4.78, 5) is 23.4. The zero-order valence-corrected chi connectivity index (χ0v) is 11.1. The van der Waals surface area contributed by atoms with E-state index >= 15 is 0 Å². The van der Waals surface area contributed by atoms with Crippen LogP contribution >= 0.6 is 0 Å². The van der Waals surface area contributed by atoms with Crippen molar-refractivity contribution in [2.24, 2.45) is 5.73 Å². The maximum atomic E-state index is 12.0. The highest BCUT2D eigenvalue weighted by atomic mass is 16.6. The number of nitrogens with one attached hydrogen (secondary N) is 1. The molecule has 2 atom stereocenters. The molecule has 0 unspecified atom stereocenters. The summed E-state index contributed by atoms with van der Waals surface area (Å²) >= 11 is 0. The zero-order chi connectivity index (χ0) is 14.4. The summed E-state index contributed by atoms with van der Waals surface area (Å²) in [5.41, 5.74) is 6.26. The van der Waals surface area contributed by atoms with Crippen LogP contribution in [0, 0.1) is 0 Å². The molecule has 1 saturated heterocycles. The van der Waals surface area contributed by atoms with Gasteiger partial charge >= 0.3 is 0 Å². The monoisotopic (exact) mass is 278 g/mol. The van der Waals surface area contributed by atoms with Gasteiger partial charge in [0.15, 0.2) is 6.10 Å². The second kappa shape index (κ2) is 7.02. The van der Waals surface area contributed by atoms with Gasteiger partial charge in [-0.1, -0.05) is 30.3 Å². The van der Waals surface area contributed by atoms with E-state index in [1.807, 2.05) is 30.3 Å². The predicted molar refractivity (Wildman–Crippen MR) is 71.8 cm³/mol. The van der Waals surface area contributed by atoms with Gasteiger partial charge < -0.3 is 20.5 Å². The number of ether oxygens (including phenoxy) is 2. The Labute approximate surface area is 117 Å². The van der Waals surface area contributed by atoms with Gasteiger partial charge in [0.1, 0.15) is 6.04 Å². The number of primary amides is 1. The summed E-state index contributed by atoms with van der Waals surface area (Å²) in [5, 5.41) is 2.62. The molecule has 6 nitrogen and oxygen atoms in total. The van der Waals surface area contributed by atoms with Gasteiger partial charge in [0.2, 0.25) is 5.91 Å². The standard InChI is InChI=1S/C14H18N2O4/c15-13(17)11(8-10-4-2-1-3-5-10)16-14(18)12-9-19-6-7-20-12/h1-5,11-12H,6-9H2,(H2,15,17)(H,16,18)/t11-,12-/m0/s1. The fourth-order valence-corrected chi connectivity index (χ4v) is 1.98. The molecular weight excluding hydrogens is 260 g/mol. The summed E-state index contributed by atoms with van der Waals surface area (Å²) in [7, 11) is 0. The molecule has 0 saturated carbocycles. The number of hydrogen-bond donors (Lipinski definition) is 2. The summed E-state index contributed by atoms with van der Waals surface area (Å²) in [6, 6.07) is 8.62. The van der Waals surface area contributed by atoms with Crippen LogP contribution in [0.1, 0.15) is 5.56 Å². The molecule has 1 aromatic rings. The highest BCUT2D eigenvalue weighted by molar-refractivity contribution is 5.88. The molecule has 0 radical (unpaired) electrons. The van der Waals surface area contributed by atoms with Crippen LogP contribution in [0.4, 0.5) is 0 Å². The molecular formula is C14H18N2O4. The largest absolute Gasteiger partial charge is 0.376 e. The van der Waals surface area contributed by atoms with Crippen molar-refractivity contribution in [3.05, 3.63) is 35.9 Å². The van der Waals surface area contributed by atoms with Gasteiger partial charge in [-0.3, -0.25) is 9.59 Å². The van der Waals surface area contributed by atoms with Crippen molar-refractivity contribution in [3.8, 4) is 0 Å². The Hall–Kier alpha value is -1.92. The predicted octanol–water partition coefficient (Wildman–Crippen LogP) is -0.385. The second-order valence-corrected chi connectivity index (χ2v) is 4.59. The van der Waals surface area contributed by atoms with E-state index in [2.05, 4.69) is 5.32 Å². The summed E-state index contributed by atoms with van der Waals surface area (Å²) < 4.78 is 10.4. The average molecular weight is 278 g/mol. The molecule has 0 bridgehead atoms. The Morgan fingerprint density at radius 1 is 1.30 bits per heavy atom. The van der Waals surface area contributed by atoms with E-state index in [1.54, 1.807) is 0 Å². The Morgan fingerprint density at radius 3 is 2.65 bits per heavy atom. The van der Waals surface area contributed by atoms with Crippen LogP contribution in [-0.4, -0.2) is 43.8 Å². The van der Waals surface area contributed by atoms with E-state index in [0.717, 1.165) is 5.56 Å². The molecule has 1 aliphatic rings. The van der Waals surface area contributed by atoms with Crippen LogP contribution in [0.3, 0.4) is 0 Å². The first-order chi connectivity index (χ1) is 9.66. The highest BCUT2D eigenvalue weighted by Crippen LogP contribution is 2.05. The number of nitrogens with two attached hydrogens (primary N) is 1. The molecule has 6 heteroatoms. The molecule has 1 aromatic carbocycles. The summed E-state index contributed by atoms with van der Waals surface area (Å²) in [6.45, 7) is 1.05. The van der Waals surface area contributed by atoms with E-state index in [0.29, 0.717) is 19.6 Å². The molecule has 20 heavy (non-hydrogen) atoms. The van der Waals surface area contributed by atoms with Crippen molar-refractivity contribution >= 4 is 11.8 Å². The quantitative estimate of drug-likeness (QED) is 0.768. The lowest BCUT2D eigenvalue weighted by molar-refractivity contribution is -0.149. The highest BCUT2D eigenvalue weighted by Gasteiger charge is 2.26. The van der Waals surface area contributed by atoms with Gasteiger partial charge in [-0.25, -0.2) is 0 Å². The van der Waals surface area contributed by atoms with Crippen LogP contribution in [-0.2, 0) is 25.5 Å². The lowest BCUT2D eigenvalue weighted by Gasteiger charge is -2.24. The maximum absolute atomic E-state index is 12.0. The number of rotatable bonds is 5. The number of hydrogen-bond acceptors (Lipinski definition) is 4. The second-order valence-electron chi connectivity index (χ2n) is 4.59. The lowest BCUT2D eigenvalue weighted by Crippen LogP contribution is -2.51. The van der Waals surface area contributed by atoms with Gasteiger partial charge in [0.05, 0.1) is 19.8 Å². The average Bonchev–Trinajstić information content (AvgIpc) is 2.48. The van der Waals surface area contributed by atoms with Crippen LogP contribution < -0.4 is 11.1 Å². The minimum Gasteiger partial charge on any atom is -0.376 e. The minimum atomic E-state index is -0.754. The molecule has 0 aromatic heterocycles. The van der Waals surface area contributed by atoms with Crippen LogP contribution in [0.25, 0.3) is 0 Å². The lowest BCUT2D eigenvalue weighted by atomic mass is 10.1. The Balaban J connectivity index is 1.95. The van der Waals surface area contributed by atoms with E-state index in [9.17, 15) is 9.59 Å². The third-order valence-corrected chi connectivity index (χ3v) is 3.05. The van der Waals surface area contributed by atoms with Crippen LogP contribution in [0.15, 0.2) is 30.3 Å². The molecule has 3 N–H and O–H groups in total. The normalized spacial score (nSPS) is 20.1. The number of carbonyl (C=O) groups excluding carboxylic acids is 2. The molecule has 1 aliphatic heterocycles. The van der Waals surface area contributed by atoms with Crippen molar-refractivity contribution in [2.45, 2.75) is 18.6 Å². The Morgan fingerprint density at radius 2 is 2.05 bits per heavy atom. The topological polar surface area (TPSA) is 90.7 Å². The van der Waals surface area contributed by atoms with Gasteiger partial charge in [-0.2, -0.15) is 0 Å². The van der Waals surface area contributed by atoms with Crippen molar-refractivity contribution in [2.75, 3.05) is 19.8 Å². The van der Waals surface area contributed by atoms with E-state index in [-0.39, 0.29) is 12.5 Å².